The number of carbonyl (C=O) groups is 1. The first kappa shape index (κ1) is 7.53. The van der Waals surface area contributed by atoms with Gasteiger partial charge in [0.15, 0.2) is 0 Å². The minimum Gasteiger partial charge on any atom is -0.299 e. The van der Waals surface area contributed by atoms with Gasteiger partial charge in [-0.05, 0) is 30.5 Å². The zero-order chi connectivity index (χ0) is 8.72. The van der Waals surface area contributed by atoms with E-state index < -0.39 is 0 Å². The second-order valence-corrected chi connectivity index (χ2v) is 3.61. The van der Waals surface area contributed by atoms with Gasteiger partial charge in [0, 0.05) is 12.8 Å². The monoisotopic (exact) mass is 160 g/mol. The van der Waals surface area contributed by atoms with Crippen LogP contribution in [-0.4, -0.2) is 5.78 Å². The van der Waals surface area contributed by atoms with Crippen LogP contribution in [0.5, 0.6) is 0 Å². The van der Waals surface area contributed by atoms with Crippen LogP contribution in [0.3, 0.4) is 0 Å². The molecule has 0 unspecified atom stereocenters. The molecule has 0 N–H and O–H groups in total. The molecule has 0 aromatic heterocycles. The fourth-order valence-corrected chi connectivity index (χ4v) is 1.97. The maximum absolute atomic E-state index is 11.2. The first-order valence-electron chi connectivity index (χ1n) is 4.27. The molecule has 0 heterocycles. The van der Waals surface area contributed by atoms with Crippen molar-refractivity contribution in [2.75, 3.05) is 0 Å². The summed E-state index contributed by atoms with van der Waals surface area (Å²) in [5.41, 5.74) is 5.06. The Hall–Kier alpha value is -1.11. The number of ketones is 1. The third kappa shape index (κ3) is 1.06. The fraction of sp³-hybridized carbons (Fsp3) is 0.364. The highest BCUT2D eigenvalue weighted by Gasteiger charge is 2.19. The molecule has 0 saturated carbocycles. The molecule has 0 amide bonds. The van der Waals surface area contributed by atoms with Crippen LogP contribution in [0.15, 0.2) is 12.1 Å². The Kier molecular flexibility index (Phi) is 1.53. The molecule has 0 spiro atoms. The van der Waals surface area contributed by atoms with Gasteiger partial charge in [-0.15, -0.1) is 0 Å². The summed E-state index contributed by atoms with van der Waals surface area (Å²) in [6, 6.07) is 4.28. The number of benzene rings is 1. The van der Waals surface area contributed by atoms with Crippen molar-refractivity contribution in [1.29, 1.82) is 0 Å². The molecule has 62 valence electrons. The van der Waals surface area contributed by atoms with Crippen molar-refractivity contribution in [2.45, 2.75) is 26.7 Å². The number of aryl methyl sites for hydroxylation is 2. The first-order chi connectivity index (χ1) is 5.66. The van der Waals surface area contributed by atoms with E-state index >= 15 is 0 Å². The average molecular weight is 160 g/mol. The Balaban J connectivity index is 2.59. The lowest BCUT2D eigenvalue weighted by Crippen LogP contribution is -1.93. The third-order valence-electron chi connectivity index (χ3n) is 2.47. The fourth-order valence-electron chi connectivity index (χ4n) is 1.97. The lowest BCUT2D eigenvalue weighted by atomic mass is 10.0. The minimum atomic E-state index is 0.360. The van der Waals surface area contributed by atoms with Gasteiger partial charge in [-0.3, -0.25) is 4.79 Å². The highest BCUT2D eigenvalue weighted by Crippen LogP contribution is 2.24. The van der Waals surface area contributed by atoms with Gasteiger partial charge in [0.1, 0.15) is 5.78 Å². The van der Waals surface area contributed by atoms with E-state index in [4.69, 9.17) is 0 Å². The number of Topliss-reactive ketones (excluding diaryl/α,β-unsaturated/α-hetero) is 1. The van der Waals surface area contributed by atoms with E-state index in [-0.39, 0.29) is 0 Å². The molecule has 1 heteroatoms. The Labute approximate surface area is 72.4 Å². The molecular weight excluding hydrogens is 148 g/mol. The maximum Gasteiger partial charge on any atom is 0.141 e. The number of rotatable bonds is 0. The van der Waals surface area contributed by atoms with Crippen LogP contribution in [0.2, 0.25) is 0 Å². The van der Waals surface area contributed by atoms with Crippen LogP contribution >= 0.6 is 0 Å². The van der Waals surface area contributed by atoms with Gasteiger partial charge in [0.05, 0.1) is 0 Å². The Morgan fingerprint density at radius 2 is 1.92 bits per heavy atom. The molecule has 0 aliphatic heterocycles. The van der Waals surface area contributed by atoms with Crippen LogP contribution in [0.4, 0.5) is 0 Å². The number of hydrogen-bond donors (Lipinski definition) is 0. The molecule has 1 aliphatic rings. The largest absolute Gasteiger partial charge is 0.299 e. The van der Waals surface area contributed by atoms with Gasteiger partial charge in [0.25, 0.3) is 0 Å². The van der Waals surface area contributed by atoms with Crippen LogP contribution in [-0.2, 0) is 17.6 Å². The summed E-state index contributed by atoms with van der Waals surface area (Å²) < 4.78 is 0. The van der Waals surface area contributed by atoms with E-state index in [9.17, 15) is 4.79 Å². The molecule has 0 radical (unpaired) electrons. The smallest absolute Gasteiger partial charge is 0.141 e. The summed E-state index contributed by atoms with van der Waals surface area (Å²) in [5.74, 6) is 0.360. The quantitative estimate of drug-likeness (QED) is 0.567. The van der Waals surface area contributed by atoms with Crippen molar-refractivity contribution in [3.05, 3.63) is 34.4 Å². The summed E-state index contributed by atoms with van der Waals surface area (Å²) in [6.07, 6.45) is 1.30. The predicted octanol–water partition coefficient (Wildman–Crippen LogP) is 1.97. The van der Waals surface area contributed by atoms with Crippen LogP contribution < -0.4 is 0 Å². The summed E-state index contributed by atoms with van der Waals surface area (Å²) >= 11 is 0. The molecule has 12 heavy (non-hydrogen) atoms. The van der Waals surface area contributed by atoms with Gasteiger partial charge in [-0.2, -0.15) is 0 Å². The van der Waals surface area contributed by atoms with Crippen LogP contribution in [0, 0.1) is 13.8 Å². The highest BCUT2D eigenvalue weighted by atomic mass is 16.1. The van der Waals surface area contributed by atoms with Crippen molar-refractivity contribution in [3.8, 4) is 0 Å². The van der Waals surface area contributed by atoms with Gasteiger partial charge in [-0.25, -0.2) is 0 Å². The van der Waals surface area contributed by atoms with E-state index in [1.807, 2.05) is 0 Å². The minimum absolute atomic E-state index is 0.360. The molecule has 1 nitrogen and oxygen atoms in total. The van der Waals surface area contributed by atoms with Gasteiger partial charge < -0.3 is 0 Å². The van der Waals surface area contributed by atoms with Crippen LogP contribution in [0.1, 0.15) is 22.3 Å². The molecule has 1 aromatic carbocycles. The summed E-state index contributed by atoms with van der Waals surface area (Å²) in [4.78, 5) is 11.2. The van der Waals surface area contributed by atoms with Crippen molar-refractivity contribution in [3.63, 3.8) is 0 Å². The molecule has 0 saturated heterocycles. The molecular formula is C11H12O. The molecule has 0 bridgehead atoms. The van der Waals surface area contributed by atoms with Crippen molar-refractivity contribution in [2.24, 2.45) is 0 Å². The molecule has 2 rings (SSSR count). The Morgan fingerprint density at radius 3 is 2.67 bits per heavy atom. The van der Waals surface area contributed by atoms with Crippen molar-refractivity contribution in [1.82, 2.24) is 0 Å². The Bertz CT molecular complexity index is 350. The van der Waals surface area contributed by atoms with Crippen molar-refractivity contribution < 1.29 is 4.79 Å². The molecule has 1 aromatic rings. The number of fused-ring (bicyclic) bond motifs is 1. The van der Waals surface area contributed by atoms with E-state index in [0.29, 0.717) is 18.6 Å². The van der Waals surface area contributed by atoms with E-state index in [2.05, 4.69) is 26.0 Å². The first-order valence-corrected chi connectivity index (χ1v) is 4.27. The normalized spacial score (nSPS) is 15.0. The van der Waals surface area contributed by atoms with E-state index in [1.54, 1.807) is 0 Å². The van der Waals surface area contributed by atoms with E-state index in [1.165, 1.54) is 22.3 Å². The van der Waals surface area contributed by atoms with Gasteiger partial charge in [-0.1, -0.05) is 17.7 Å². The van der Waals surface area contributed by atoms with Crippen molar-refractivity contribution >= 4 is 5.78 Å². The highest BCUT2D eigenvalue weighted by molar-refractivity contribution is 5.88. The number of carbonyl (C=O) groups excluding carboxylic acids is 1. The summed E-state index contributed by atoms with van der Waals surface area (Å²) in [6.45, 7) is 4.17. The second kappa shape index (κ2) is 2.44. The number of hydrogen-bond acceptors (Lipinski definition) is 1. The standard InChI is InChI=1S/C11H12O/c1-7-3-8(2)11-6-10(12)5-9(11)4-7/h3-4H,5-6H2,1-2H3. The zero-order valence-corrected chi connectivity index (χ0v) is 7.48. The molecule has 0 atom stereocenters. The van der Waals surface area contributed by atoms with Gasteiger partial charge >= 0.3 is 0 Å². The van der Waals surface area contributed by atoms with E-state index in [0.717, 1.165) is 0 Å². The second-order valence-electron chi connectivity index (χ2n) is 3.61. The SMILES string of the molecule is Cc1cc(C)c2c(c1)CC(=O)C2. The molecule has 1 aliphatic carbocycles. The lowest BCUT2D eigenvalue weighted by Gasteiger charge is -2.03. The topological polar surface area (TPSA) is 17.1 Å². The summed E-state index contributed by atoms with van der Waals surface area (Å²) in [7, 11) is 0. The Morgan fingerprint density at radius 1 is 1.17 bits per heavy atom. The maximum atomic E-state index is 11.2. The third-order valence-corrected chi connectivity index (χ3v) is 2.47. The van der Waals surface area contributed by atoms with Crippen LogP contribution in [0.25, 0.3) is 0 Å². The zero-order valence-electron chi connectivity index (χ0n) is 7.48. The lowest BCUT2D eigenvalue weighted by molar-refractivity contribution is -0.117. The predicted molar refractivity (Wildman–Crippen MR) is 48.3 cm³/mol. The average Bonchev–Trinajstić information content (AvgIpc) is 2.29. The van der Waals surface area contributed by atoms with Gasteiger partial charge in [0.2, 0.25) is 0 Å². The summed E-state index contributed by atoms with van der Waals surface area (Å²) in [5, 5.41) is 0. The molecule has 0 fully saturated rings.